The third-order valence-electron chi connectivity index (χ3n) is 3.82. The molecule has 2 heterocycles. The summed E-state index contributed by atoms with van der Waals surface area (Å²) in [5.74, 6) is 0. The molecule has 4 nitrogen and oxygen atoms in total. The molecule has 0 unspecified atom stereocenters. The highest BCUT2D eigenvalue weighted by molar-refractivity contribution is 9.10. The van der Waals surface area contributed by atoms with Crippen LogP contribution in [0.2, 0.25) is 0 Å². The average molecular weight is 337 g/mol. The van der Waals surface area contributed by atoms with Crippen molar-refractivity contribution in [2.75, 3.05) is 13.1 Å². The van der Waals surface area contributed by atoms with Gasteiger partial charge in [-0.1, -0.05) is 15.9 Å². The highest BCUT2D eigenvalue weighted by Gasteiger charge is 2.17. The lowest BCUT2D eigenvalue weighted by Crippen LogP contribution is -2.39. The number of nitrogens with two attached hydrogens (primary N) is 1. The number of fused-ring (bicyclic) bond motifs is 1. The van der Waals surface area contributed by atoms with Crippen molar-refractivity contribution in [1.29, 1.82) is 0 Å². The molecule has 0 aliphatic carbocycles. The standard InChI is InChI=1S/C15H17BrN2O2/c16-11-1-2-13-10(7-15(19)20-14(13)8-11)9-18-5-3-12(17)4-6-18/h1-2,7-8,12H,3-6,9,17H2. The summed E-state index contributed by atoms with van der Waals surface area (Å²) in [5.41, 5.74) is 7.29. The van der Waals surface area contributed by atoms with Gasteiger partial charge in [0.2, 0.25) is 0 Å². The third-order valence-corrected chi connectivity index (χ3v) is 4.31. The van der Waals surface area contributed by atoms with E-state index < -0.39 is 0 Å². The van der Waals surface area contributed by atoms with Crippen LogP contribution in [-0.4, -0.2) is 24.0 Å². The van der Waals surface area contributed by atoms with Gasteiger partial charge in [0.05, 0.1) is 0 Å². The Bertz CT molecular complexity index is 675. The van der Waals surface area contributed by atoms with Crippen molar-refractivity contribution in [3.63, 3.8) is 0 Å². The molecular weight excluding hydrogens is 320 g/mol. The van der Waals surface area contributed by atoms with E-state index in [1.165, 1.54) is 0 Å². The Morgan fingerprint density at radius 3 is 2.80 bits per heavy atom. The van der Waals surface area contributed by atoms with Crippen LogP contribution in [0.15, 0.2) is 37.9 Å². The van der Waals surface area contributed by atoms with Crippen LogP contribution in [0.1, 0.15) is 18.4 Å². The molecule has 3 rings (SSSR count). The molecule has 0 radical (unpaired) electrons. The predicted molar refractivity (Wildman–Crippen MR) is 82.7 cm³/mol. The van der Waals surface area contributed by atoms with Crippen LogP contribution in [0.3, 0.4) is 0 Å². The summed E-state index contributed by atoms with van der Waals surface area (Å²) in [6, 6.07) is 7.72. The van der Waals surface area contributed by atoms with E-state index in [0.717, 1.165) is 47.9 Å². The maximum Gasteiger partial charge on any atom is 0.336 e. The van der Waals surface area contributed by atoms with E-state index in [1.807, 2.05) is 18.2 Å². The molecule has 2 aromatic rings. The van der Waals surface area contributed by atoms with Gasteiger partial charge in [0, 0.05) is 28.5 Å². The van der Waals surface area contributed by atoms with Crippen LogP contribution < -0.4 is 11.4 Å². The fourth-order valence-corrected chi connectivity index (χ4v) is 3.03. The lowest BCUT2D eigenvalue weighted by atomic mass is 10.0. The van der Waals surface area contributed by atoms with Crippen molar-refractivity contribution in [3.8, 4) is 0 Å². The molecule has 0 amide bonds. The van der Waals surface area contributed by atoms with Gasteiger partial charge in [-0.2, -0.15) is 0 Å². The Kier molecular flexibility index (Phi) is 3.92. The van der Waals surface area contributed by atoms with E-state index in [9.17, 15) is 4.79 Å². The molecule has 1 aliphatic heterocycles. The van der Waals surface area contributed by atoms with E-state index in [-0.39, 0.29) is 5.63 Å². The number of piperidine rings is 1. The Balaban J connectivity index is 1.92. The lowest BCUT2D eigenvalue weighted by molar-refractivity contribution is 0.206. The predicted octanol–water partition coefficient (Wildman–Crippen LogP) is 2.48. The smallest absolute Gasteiger partial charge is 0.336 e. The van der Waals surface area contributed by atoms with Gasteiger partial charge in [-0.15, -0.1) is 0 Å². The zero-order valence-corrected chi connectivity index (χ0v) is 12.7. The molecular formula is C15H17BrN2O2. The molecule has 1 aliphatic rings. The van der Waals surface area contributed by atoms with Gasteiger partial charge in [-0.05, 0) is 49.7 Å². The summed E-state index contributed by atoms with van der Waals surface area (Å²) in [5, 5.41) is 1.00. The first-order valence-corrected chi connectivity index (χ1v) is 7.61. The first-order valence-electron chi connectivity index (χ1n) is 6.82. The number of nitrogens with zero attached hydrogens (tertiary/aromatic N) is 1. The molecule has 1 saturated heterocycles. The van der Waals surface area contributed by atoms with Gasteiger partial charge in [0.1, 0.15) is 5.58 Å². The van der Waals surface area contributed by atoms with Gasteiger partial charge < -0.3 is 10.2 Å². The zero-order chi connectivity index (χ0) is 14.1. The monoisotopic (exact) mass is 336 g/mol. The van der Waals surface area contributed by atoms with Crippen molar-refractivity contribution >= 4 is 26.9 Å². The Morgan fingerprint density at radius 1 is 1.30 bits per heavy atom. The van der Waals surface area contributed by atoms with Gasteiger partial charge in [-0.25, -0.2) is 4.79 Å². The van der Waals surface area contributed by atoms with E-state index >= 15 is 0 Å². The topological polar surface area (TPSA) is 59.5 Å². The van der Waals surface area contributed by atoms with E-state index in [1.54, 1.807) is 6.07 Å². The van der Waals surface area contributed by atoms with Crippen molar-refractivity contribution in [2.45, 2.75) is 25.4 Å². The minimum atomic E-state index is -0.292. The average Bonchev–Trinajstić information content (AvgIpc) is 2.40. The van der Waals surface area contributed by atoms with E-state index in [4.69, 9.17) is 10.2 Å². The summed E-state index contributed by atoms with van der Waals surface area (Å²) in [6.45, 7) is 2.75. The van der Waals surface area contributed by atoms with Crippen LogP contribution in [0.4, 0.5) is 0 Å². The molecule has 1 aromatic carbocycles. The molecule has 0 atom stereocenters. The maximum atomic E-state index is 11.7. The van der Waals surface area contributed by atoms with Gasteiger partial charge >= 0.3 is 5.63 Å². The fourth-order valence-electron chi connectivity index (χ4n) is 2.69. The first-order chi connectivity index (χ1) is 9.61. The highest BCUT2D eigenvalue weighted by Crippen LogP contribution is 2.23. The molecule has 1 fully saturated rings. The Labute approximate surface area is 125 Å². The molecule has 0 bridgehead atoms. The number of rotatable bonds is 2. The molecule has 1 aromatic heterocycles. The molecule has 5 heteroatoms. The molecule has 0 saturated carbocycles. The van der Waals surface area contributed by atoms with Gasteiger partial charge in [0.25, 0.3) is 0 Å². The number of benzene rings is 1. The SMILES string of the molecule is NC1CCN(Cc2cc(=O)oc3cc(Br)ccc23)CC1. The number of likely N-dealkylation sites (tertiary alicyclic amines) is 1. The highest BCUT2D eigenvalue weighted by atomic mass is 79.9. The third kappa shape index (κ3) is 2.95. The Hall–Kier alpha value is -1.17. The zero-order valence-electron chi connectivity index (χ0n) is 11.1. The van der Waals surface area contributed by atoms with Gasteiger partial charge in [-0.3, -0.25) is 4.90 Å². The van der Waals surface area contributed by atoms with E-state index in [0.29, 0.717) is 11.6 Å². The maximum absolute atomic E-state index is 11.7. The summed E-state index contributed by atoms with van der Waals surface area (Å²) in [6.07, 6.45) is 2.04. The second-order valence-corrected chi connectivity index (χ2v) is 6.26. The van der Waals surface area contributed by atoms with Crippen LogP contribution in [0.5, 0.6) is 0 Å². The minimum absolute atomic E-state index is 0.292. The summed E-state index contributed by atoms with van der Waals surface area (Å²) < 4.78 is 6.18. The lowest BCUT2D eigenvalue weighted by Gasteiger charge is -2.30. The second kappa shape index (κ2) is 5.68. The van der Waals surface area contributed by atoms with Crippen LogP contribution in [0, 0.1) is 0 Å². The molecule has 20 heavy (non-hydrogen) atoms. The quantitative estimate of drug-likeness (QED) is 0.856. The van der Waals surface area contributed by atoms with Crippen molar-refractivity contribution < 1.29 is 4.42 Å². The molecule has 2 N–H and O–H groups in total. The van der Waals surface area contributed by atoms with Crippen molar-refractivity contribution in [1.82, 2.24) is 4.90 Å². The summed E-state index contributed by atoms with van der Waals surface area (Å²) >= 11 is 3.40. The van der Waals surface area contributed by atoms with Crippen molar-refractivity contribution in [3.05, 3.63) is 44.7 Å². The summed E-state index contributed by atoms with van der Waals surface area (Å²) in [4.78, 5) is 14.0. The van der Waals surface area contributed by atoms with Crippen LogP contribution >= 0.6 is 15.9 Å². The first kappa shape index (κ1) is 13.8. The minimum Gasteiger partial charge on any atom is -0.423 e. The van der Waals surface area contributed by atoms with Gasteiger partial charge in [0.15, 0.2) is 0 Å². The van der Waals surface area contributed by atoms with Crippen LogP contribution in [0.25, 0.3) is 11.0 Å². The number of halogens is 1. The number of hydrogen-bond donors (Lipinski definition) is 1. The normalized spacial score (nSPS) is 17.7. The molecule has 0 spiro atoms. The second-order valence-electron chi connectivity index (χ2n) is 5.34. The summed E-state index contributed by atoms with van der Waals surface area (Å²) in [7, 11) is 0. The number of hydrogen-bond acceptors (Lipinski definition) is 4. The Morgan fingerprint density at radius 2 is 2.05 bits per heavy atom. The van der Waals surface area contributed by atoms with Crippen molar-refractivity contribution in [2.24, 2.45) is 5.73 Å². The van der Waals surface area contributed by atoms with Crippen LogP contribution in [-0.2, 0) is 6.54 Å². The largest absolute Gasteiger partial charge is 0.423 e. The van der Waals surface area contributed by atoms with E-state index in [2.05, 4.69) is 20.8 Å². The fraction of sp³-hybridized carbons (Fsp3) is 0.400. The molecule has 106 valence electrons.